The number of amides is 1. The minimum absolute atomic E-state index is 0.0250. The van der Waals surface area contributed by atoms with Crippen molar-refractivity contribution in [3.8, 4) is 11.5 Å². The monoisotopic (exact) mass is 237 g/mol. The molecule has 0 aliphatic carbocycles. The lowest BCUT2D eigenvalue weighted by Gasteiger charge is -2.21. The van der Waals surface area contributed by atoms with Crippen LogP contribution in [0.5, 0.6) is 11.5 Å². The summed E-state index contributed by atoms with van der Waals surface area (Å²) in [6.45, 7) is 4.26. The second kappa shape index (κ2) is 6.13. The lowest BCUT2D eigenvalue weighted by atomic mass is 10.2. The average molecular weight is 237 g/mol. The molecule has 0 aromatic heterocycles. The van der Waals surface area contributed by atoms with Gasteiger partial charge in [0.05, 0.1) is 7.11 Å². The van der Waals surface area contributed by atoms with Gasteiger partial charge in [0, 0.05) is 25.2 Å². The summed E-state index contributed by atoms with van der Waals surface area (Å²) in [5.41, 5.74) is 0.698. The predicted molar refractivity (Wildman–Crippen MR) is 67.6 cm³/mol. The molecule has 0 atom stereocenters. The maximum atomic E-state index is 11.5. The van der Waals surface area contributed by atoms with E-state index in [-0.39, 0.29) is 11.7 Å². The van der Waals surface area contributed by atoms with E-state index >= 15 is 0 Å². The second-order valence-corrected chi connectivity index (χ2v) is 3.88. The van der Waals surface area contributed by atoms with Gasteiger partial charge in [-0.05, 0) is 18.6 Å². The number of carbonyl (C=O) groups excluding carboxylic acids is 1. The fraction of sp³-hybridized carbons (Fsp3) is 0.462. The normalized spacial score (nSPS) is 10.1. The molecule has 0 unspecified atom stereocenters. The largest absolute Gasteiger partial charge is 0.504 e. The van der Waals surface area contributed by atoms with E-state index in [4.69, 9.17) is 4.74 Å². The predicted octanol–water partition coefficient (Wildman–Crippen LogP) is 2.55. The fourth-order valence-corrected chi connectivity index (χ4v) is 1.63. The topological polar surface area (TPSA) is 49.8 Å². The molecule has 1 amide bonds. The number of hydrogen-bond acceptors (Lipinski definition) is 3. The molecule has 4 heteroatoms. The van der Waals surface area contributed by atoms with Crippen molar-refractivity contribution in [1.29, 1.82) is 0 Å². The third kappa shape index (κ3) is 3.37. The van der Waals surface area contributed by atoms with Crippen molar-refractivity contribution in [2.45, 2.75) is 26.7 Å². The van der Waals surface area contributed by atoms with E-state index in [1.165, 1.54) is 14.0 Å². The molecule has 0 radical (unpaired) electrons. The lowest BCUT2D eigenvalue weighted by molar-refractivity contribution is -0.116. The van der Waals surface area contributed by atoms with E-state index in [1.54, 1.807) is 23.1 Å². The number of hydrogen-bond donors (Lipinski definition) is 1. The van der Waals surface area contributed by atoms with Gasteiger partial charge in [-0.2, -0.15) is 0 Å². The van der Waals surface area contributed by atoms with Gasteiger partial charge in [0.15, 0.2) is 11.5 Å². The summed E-state index contributed by atoms with van der Waals surface area (Å²) in [5, 5.41) is 9.68. The van der Waals surface area contributed by atoms with Crippen LogP contribution in [0.3, 0.4) is 0 Å². The molecule has 0 fully saturated rings. The number of methoxy groups -OCH3 is 1. The van der Waals surface area contributed by atoms with Crippen LogP contribution in [0.4, 0.5) is 5.69 Å². The van der Waals surface area contributed by atoms with Crippen LogP contribution in [0.25, 0.3) is 0 Å². The molecule has 4 nitrogen and oxygen atoms in total. The van der Waals surface area contributed by atoms with Gasteiger partial charge >= 0.3 is 0 Å². The Bertz CT molecular complexity index is 390. The number of carbonyl (C=O) groups is 1. The lowest BCUT2D eigenvalue weighted by Crippen LogP contribution is -2.29. The molecule has 1 rings (SSSR count). The SMILES string of the molecule is CCCCN(C(C)=O)c1ccc(OC)c(O)c1. The summed E-state index contributed by atoms with van der Waals surface area (Å²) in [7, 11) is 1.49. The molecule has 0 spiro atoms. The smallest absolute Gasteiger partial charge is 0.223 e. The zero-order valence-corrected chi connectivity index (χ0v) is 10.6. The van der Waals surface area contributed by atoms with E-state index in [0.717, 1.165) is 12.8 Å². The van der Waals surface area contributed by atoms with Crippen molar-refractivity contribution in [2.24, 2.45) is 0 Å². The summed E-state index contributed by atoms with van der Waals surface area (Å²) in [5.74, 6) is 0.434. The maximum Gasteiger partial charge on any atom is 0.223 e. The fourth-order valence-electron chi connectivity index (χ4n) is 1.63. The summed E-state index contributed by atoms with van der Waals surface area (Å²) in [6, 6.07) is 4.98. The van der Waals surface area contributed by atoms with Gasteiger partial charge in [0.2, 0.25) is 5.91 Å². The quantitative estimate of drug-likeness (QED) is 0.856. The molecular weight excluding hydrogens is 218 g/mol. The Morgan fingerprint density at radius 2 is 2.18 bits per heavy atom. The van der Waals surface area contributed by atoms with Crippen molar-refractivity contribution in [3.05, 3.63) is 18.2 Å². The van der Waals surface area contributed by atoms with Crippen molar-refractivity contribution < 1.29 is 14.6 Å². The zero-order chi connectivity index (χ0) is 12.8. The van der Waals surface area contributed by atoms with Gasteiger partial charge in [-0.1, -0.05) is 13.3 Å². The molecule has 0 saturated carbocycles. The Balaban J connectivity index is 2.94. The number of ether oxygens (including phenoxy) is 1. The molecule has 1 N–H and O–H groups in total. The number of phenols is 1. The van der Waals surface area contributed by atoms with E-state index in [0.29, 0.717) is 18.0 Å². The van der Waals surface area contributed by atoms with Crippen molar-refractivity contribution in [3.63, 3.8) is 0 Å². The van der Waals surface area contributed by atoms with Gasteiger partial charge in [-0.15, -0.1) is 0 Å². The maximum absolute atomic E-state index is 11.5. The molecule has 17 heavy (non-hydrogen) atoms. The van der Waals surface area contributed by atoms with Crippen LogP contribution in [-0.2, 0) is 4.79 Å². The molecule has 1 aromatic rings. The van der Waals surface area contributed by atoms with Crippen molar-refractivity contribution in [2.75, 3.05) is 18.6 Å². The highest BCUT2D eigenvalue weighted by Crippen LogP contribution is 2.30. The van der Waals surface area contributed by atoms with Crippen molar-refractivity contribution >= 4 is 11.6 Å². The Hall–Kier alpha value is -1.71. The molecule has 0 bridgehead atoms. The first-order chi connectivity index (χ1) is 8.10. The summed E-state index contributed by atoms with van der Waals surface area (Å²) in [6.07, 6.45) is 1.96. The number of aromatic hydroxyl groups is 1. The molecular formula is C13H19NO3. The van der Waals surface area contributed by atoms with Crippen LogP contribution in [0.15, 0.2) is 18.2 Å². The van der Waals surface area contributed by atoms with Crippen LogP contribution in [-0.4, -0.2) is 24.7 Å². The van der Waals surface area contributed by atoms with Crippen LogP contribution in [0.2, 0.25) is 0 Å². The van der Waals surface area contributed by atoms with Crippen LogP contribution >= 0.6 is 0 Å². The molecule has 0 aliphatic heterocycles. The van der Waals surface area contributed by atoms with Gasteiger partial charge < -0.3 is 14.7 Å². The zero-order valence-electron chi connectivity index (χ0n) is 10.6. The second-order valence-electron chi connectivity index (χ2n) is 3.88. The van der Waals surface area contributed by atoms with Gasteiger partial charge in [0.25, 0.3) is 0 Å². The highest BCUT2D eigenvalue weighted by molar-refractivity contribution is 5.91. The first-order valence-electron chi connectivity index (χ1n) is 5.75. The minimum atomic E-state index is -0.0250. The van der Waals surface area contributed by atoms with Gasteiger partial charge in [-0.25, -0.2) is 0 Å². The van der Waals surface area contributed by atoms with Gasteiger partial charge in [0.1, 0.15) is 0 Å². The first kappa shape index (κ1) is 13.4. The van der Waals surface area contributed by atoms with Gasteiger partial charge in [-0.3, -0.25) is 4.79 Å². The minimum Gasteiger partial charge on any atom is -0.504 e. The summed E-state index contributed by atoms with van der Waals surface area (Å²) in [4.78, 5) is 13.2. The highest BCUT2D eigenvalue weighted by Gasteiger charge is 2.12. The van der Waals surface area contributed by atoms with Crippen molar-refractivity contribution in [1.82, 2.24) is 0 Å². The van der Waals surface area contributed by atoms with Crippen LogP contribution < -0.4 is 9.64 Å². The van der Waals surface area contributed by atoms with E-state index in [9.17, 15) is 9.90 Å². The number of anilines is 1. The average Bonchev–Trinajstić information content (AvgIpc) is 2.29. The standard InChI is InChI=1S/C13H19NO3/c1-4-5-8-14(10(2)15)11-6-7-13(17-3)12(16)9-11/h6-7,9,16H,4-5,8H2,1-3H3. The third-order valence-corrected chi connectivity index (χ3v) is 2.59. The number of rotatable bonds is 5. The highest BCUT2D eigenvalue weighted by atomic mass is 16.5. The molecule has 0 heterocycles. The Kier molecular flexibility index (Phi) is 4.82. The number of nitrogens with zero attached hydrogens (tertiary/aromatic N) is 1. The summed E-state index contributed by atoms with van der Waals surface area (Å²) < 4.78 is 4.97. The Morgan fingerprint density at radius 1 is 1.47 bits per heavy atom. The molecule has 1 aromatic carbocycles. The first-order valence-corrected chi connectivity index (χ1v) is 5.75. The number of benzene rings is 1. The molecule has 94 valence electrons. The Morgan fingerprint density at radius 3 is 2.65 bits per heavy atom. The van der Waals surface area contributed by atoms with Crippen LogP contribution in [0.1, 0.15) is 26.7 Å². The molecule has 0 saturated heterocycles. The molecule has 0 aliphatic rings. The van der Waals surface area contributed by atoms with E-state index in [2.05, 4.69) is 6.92 Å². The number of unbranched alkanes of at least 4 members (excludes halogenated alkanes) is 1. The summed E-state index contributed by atoms with van der Waals surface area (Å²) >= 11 is 0. The number of phenolic OH excluding ortho intramolecular Hbond substituents is 1. The van der Waals surface area contributed by atoms with E-state index in [1.807, 2.05) is 0 Å². The van der Waals surface area contributed by atoms with Crippen LogP contribution in [0, 0.1) is 0 Å². The van der Waals surface area contributed by atoms with E-state index < -0.39 is 0 Å². The Labute approximate surface area is 102 Å². The third-order valence-electron chi connectivity index (χ3n) is 2.59.